The normalized spacial score (nSPS) is 11.6. The number of thiazole rings is 1. The maximum Gasteiger partial charge on any atom is 0.419 e. The number of fused-ring (bicyclic) bond motifs is 1. The summed E-state index contributed by atoms with van der Waals surface area (Å²) in [5.41, 5.74) is -1.40. The molecule has 140 valence electrons. The van der Waals surface area contributed by atoms with E-state index in [0.29, 0.717) is 5.39 Å². The van der Waals surface area contributed by atoms with Gasteiger partial charge in [-0.25, -0.2) is 23.5 Å². The molecule has 9 heteroatoms. The SMILES string of the molecule is CC(C)(C)OC(=O)n1c(C(=O)c2nc(C(=O)O)cs2)cc2cccc(F)c21. The Hall–Kier alpha value is -3.07. The van der Waals surface area contributed by atoms with Gasteiger partial charge >= 0.3 is 12.1 Å². The van der Waals surface area contributed by atoms with Gasteiger partial charge in [-0.3, -0.25) is 4.79 Å². The van der Waals surface area contributed by atoms with E-state index in [1.807, 2.05) is 0 Å². The fraction of sp³-hybridized carbons (Fsp3) is 0.222. The fourth-order valence-corrected chi connectivity index (χ4v) is 3.21. The van der Waals surface area contributed by atoms with Crippen molar-refractivity contribution in [3.05, 3.63) is 51.9 Å². The summed E-state index contributed by atoms with van der Waals surface area (Å²) in [7, 11) is 0. The number of nitrogens with zero attached hydrogens (tertiary/aromatic N) is 2. The van der Waals surface area contributed by atoms with Crippen LogP contribution in [0.3, 0.4) is 0 Å². The summed E-state index contributed by atoms with van der Waals surface area (Å²) in [5.74, 6) is -2.67. The summed E-state index contributed by atoms with van der Waals surface area (Å²) in [6.07, 6.45) is -0.916. The lowest BCUT2D eigenvalue weighted by molar-refractivity contribution is 0.0535. The highest BCUT2D eigenvalue weighted by atomic mass is 32.1. The average Bonchev–Trinajstić information content (AvgIpc) is 3.18. The third-order valence-electron chi connectivity index (χ3n) is 3.50. The van der Waals surface area contributed by atoms with Gasteiger partial charge in [-0.2, -0.15) is 0 Å². The number of aromatic carboxylic acids is 1. The van der Waals surface area contributed by atoms with Gasteiger partial charge < -0.3 is 9.84 Å². The molecule has 27 heavy (non-hydrogen) atoms. The number of aromatic nitrogens is 2. The minimum Gasteiger partial charge on any atom is -0.476 e. The Kier molecular flexibility index (Phi) is 4.56. The molecule has 0 aliphatic rings. The van der Waals surface area contributed by atoms with Crippen LogP contribution < -0.4 is 0 Å². The van der Waals surface area contributed by atoms with Gasteiger partial charge in [-0.1, -0.05) is 12.1 Å². The second-order valence-electron chi connectivity index (χ2n) is 6.70. The van der Waals surface area contributed by atoms with E-state index in [4.69, 9.17) is 9.84 Å². The zero-order chi connectivity index (χ0) is 19.9. The van der Waals surface area contributed by atoms with Crippen LogP contribution in [-0.2, 0) is 4.74 Å². The topological polar surface area (TPSA) is 98.5 Å². The number of hydrogen-bond acceptors (Lipinski definition) is 6. The van der Waals surface area contributed by atoms with E-state index in [-0.39, 0.29) is 21.9 Å². The smallest absolute Gasteiger partial charge is 0.419 e. The van der Waals surface area contributed by atoms with Crippen molar-refractivity contribution in [2.75, 3.05) is 0 Å². The van der Waals surface area contributed by atoms with Crippen molar-refractivity contribution in [1.29, 1.82) is 0 Å². The molecule has 3 aromatic rings. The minimum atomic E-state index is -1.27. The summed E-state index contributed by atoms with van der Waals surface area (Å²) >= 11 is 0.828. The number of carboxylic acids is 1. The lowest BCUT2D eigenvalue weighted by atomic mass is 10.2. The molecule has 7 nitrogen and oxygen atoms in total. The summed E-state index contributed by atoms with van der Waals surface area (Å²) in [6.45, 7) is 4.94. The van der Waals surface area contributed by atoms with Crippen molar-refractivity contribution in [2.24, 2.45) is 0 Å². The number of rotatable bonds is 3. The van der Waals surface area contributed by atoms with E-state index in [2.05, 4.69) is 4.98 Å². The van der Waals surface area contributed by atoms with Crippen molar-refractivity contribution in [2.45, 2.75) is 26.4 Å². The summed E-state index contributed by atoms with van der Waals surface area (Å²) in [4.78, 5) is 40.3. The number of benzene rings is 1. The van der Waals surface area contributed by atoms with Crippen molar-refractivity contribution in [3.63, 3.8) is 0 Å². The van der Waals surface area contributed by atoms with Gasteiger partial charge in [0.25, 0.3) is 0 Å². The minimum absolute atomic E-state index is 0.0925. The van der Waals surface area contributed by atoms with Gasteiger partial charge in [-0.05, 0) is 32.9 Å². The third-order valence-corrected chi connectivity index (χ3v) is 4.34. The van der Waals surface area contributed by atoms with Crippen molar-refractivity contribution < 1.29 is 28.6 Å². The quantitative estimate of drug-likeness (QED) is 0.680. The second-order valence-corrected chi connectivity index (χ2v) is 7.55. The van der Waals surface area contributed by atoms with Crippen LogP contribution in [0.5, 0.6) is 0 Å². The van der Waals surface area contributed by atoms with Gasteiger partial charge in [0.15, 0.2) is 10.7 Å². The molecule has 0 saturated heterocycles. The predicted molar refractivity (Wildman–Crippen MR) is 96.0 cm³/mol. The van der Waals surface area contributed by atoms with Crippen LogP contribution in [0.25, 0.3) is 10.9 Å². The third kappa shape index (κ3) is 3.59. The van der Waals surface area contributed by atoms with Gasteiger partial charge in [0.2, 0.25) is 5.78 Å². The Bertz CT molecular complexity index is 1080. The standard InChI is InChI=1S/C18H15FN2O5S/c1-18(2,3)26-17(25)21-12(7-9-5-4-6-10(19)13(9)21)14(22)15-20-11(8-27-15)16(23)24/h4-8H,1-3H3,(H,23,24). The van der Waals surface area contributed by atoms with Crippen molar-refractivity contribution in [1.82, 2.24) is 9.55 Å². The van der Waals surface area contributed by atoms with Crippen LogP contribution in [0.4, 0.5) is 9.18 Å². The maximum absolute atomic E-state index is 14.4. The number of para-hydroxylation sites is 1. The number of ketones is 1. The Morgan fingerprint density at radius 3 is 2.56 bits per heavy atom. The van der Waals surface area contributed by atoms with Crippen molar-refractivity contribution in [3.8, 4) is 0 Å². The van der Waals surface area contributed by atoms with Gasteiger partial charge in [0.05, 0.1) is 5.52 Å². The Labute approximate surface area is 157 Å². The fourth-order valence-electron chi connectivity index (χ4n) is 2.47. The number of ether oxygens (including phenoxy) is 1. The van der Waals surface area contributed by atoms with Gasteiger partial charge in [0.1, 0.15) is 17.1 Å². The molecule has 0 radical (unpaired) electrons. The summed E-state index contributed by atoms with van der Waals surface area (Å²) in [6, 6.07) is 5.54. The van der Waals surface area contributed by atoms with Crippen LogP contribution in [0.2, 0.25) is 0 Å². The number of carboxylic acid groups (broad SMARTS) is 1. The number of hydrogen-bond donors (Lipinski definition) is 1. The Balaban J connectivity index is 2.18. The lowest BCUT2D eigenvalue weighted by Crippen LogP contribution is -2.29. The molecule has 1 aromatic carbocycles. The molecule has 0 amide bonds. The molecular formula is C18H15FN2O5S. The average molecular weight is 390 g/mol. The van der Waals surface area contributed by atoms with Gasteiger partial charge in [-0.15, -0.1) is 11.3 Å². The first-order valence-corrected chi connectivity index (χ1v) is 8.73. The van der Waals surface area contributed by atoms with Crippen LogP contribution >= 0.6 is 11.3 Å². The molecule has 0 aliphatic carbocycles. The molecular weight excluding hydrogens is 375 g/mol. The number of halogens is 1. The van der Waals surface area contributed by atoms with Crippen LogP contribution in [-0.4, -0.2) is 38.1 Å². The molecule has 2 aromatic heterocycles. The molecule has 0 atom stereocenters. The number of carbonyl (C=O) groups excluding carboxylic acids is 2. The monoisotopic (exact) mass is 390 g/mol. The first-order valence-electron chi connectivity index (χ1n) is 7.85. The molecule has 2 heterocycles. The van der Waals surface area contributed by atoms with Crippen LogP contribution in [0.15, 0.2) is 29.6 Å². The van der Waals surface area contributed by atoms with E-state index < -0.39 is 29.3 Å². The highest BCUT2D eigenvalue weighted by molar-refractivity contribution is 7.12. The molecule has 3 rings (SSSR count). The Morgan fingerprint density at radius 1 is 1.26 bits per heavy atom. The molecule has 0 unspecified atom stereocenters. The Morgan fingerprint density at radius 2 is 1.96 bits per heavy atom. The molecule has 0 aliphatic heterocycles. The highest BCUT2D eigenvalue weighted by Gasteiger charge is 2.28. The van der Waals surface area contributed by atoms with Crippen LogP contribution in [0.1, 0.15) is 46.8 Å². The zero-order valence-corrected chi connectivity index (χ0v) is 15.5. The molecule has 0 fully saturated rings. The maximum atomic E-state index is 14.4. The molecule has 1 N–H and O–H groups in total. The van der Waals surface area contributed by atoms with E-state index in [0.717, 1.165) is 15.9 Å². The van der Waals surface area contributed by atoms with E-state index in [1.54, 1.807) is 26.8 Å². The second kappa shape index (κ2) is 6.58. The van der Waals surface area contributed by atoms with E-state index in [9.17, 15) is 18.8 Å². The largest absolute Gasteiger partial charge is 0.476 e. The molecule has 0 bridgehead atoms. The van der Waals surface area contributed by atoms with Crippen molar-refractivity contribution >= 4 is 40.1 Å². The number of carbonyl (C=O) groups is 3. The van der Waals surface area contributed by atoms with Crippen LogP contribution in [0, 0.1) is 5.82 Å². The molecule has 0 spiro atoms. The first-order chi connectivity index (χ1) is 12.6. The lowest BCUT2D eigenvalue weighted by Gasteiger charge is -2.20. The summed E-state index contributed by atoms with van der Waals surface area (Å²) < 4.78 is 20.6. The van der Waals surface area contributed by atoms with E-state index >= 15 is 0 Å². The van der Waals surface area contributed by atoms with Gasteiger partial charge in [0, 0.05) is 10.8 Å². The zero-order valence-electron chi connectivity index (χ0n) is 14.6. The molecule has 0 saturated carbocycles. The highest BCUT2D eigenvalue weighted by Crippen LogP contribution is 2.27. The first kappa shape index (κ1) is 18.7. The van der Waals surface area contributed by atoms with E-state index in [1.165, 1.54) is 23.6 Å². The summed E-state index contributed by atoms with van der Waals surface area (Å²) in [5, 5.41) is 10.4. The predicted octanol–water partition coefficient (Wildman–Crippen LogP) is 3.95.